The van der Waals surface area contributed by atoms with Gasteiger partial charge in [-0.25, -0.2) is 4.79 Å². The fourth-order valence-corrected chi connectivity index (χ4v) is 3.48. The molecule has 1 N–H and O–H groups in total. The summed E-state index contributed by atoms with van der Waals surface area (Å²) in [7, 11) is 0. The molecule has 0 heterocycles. The second-order valence-electron chi connectivity index (χ2n) is 8.27. The topological polar surface area (TPSA) is 73.9 Å². The molecule has 0 radical (unpaired) electrons. The Hall–Kier alpha value is -3.64. The van der Waals surface area contributed by atoms with E-state index < -0.39 is 5.97 Å². The lowest BCUT2D eigenvalue weighted by molar-refractivity contribution is -0.118. The van der Waals surface area contributed by atoms with Crippen molar-refractivity contribution >= 4 is 17.6 Å². The number of esters is 1. The lowest BCUT2D eigenvalue weighted by Gasteiger charge is -2.26. The lowest BCUT2D eigenvalue weighted by atomic mass is 9.78. The minimum Gasteiger partial charge on any atom is -0.484 e. The number of hydrogen-bond acceptors (Lipinski definition) is 5. The number of ether oxygens (including phenoxy) is 3. The van der Waals surface area contributed by atoms with Gasteiger partial charge in [-0.05, 0) is 48.4 Å². The average Bonchev–Trinajstić information content (AvgIpc) is 2.86. The van der Waals surface area contributed by atoms with Crippen LogP contribution in [-0.2, 0) is 19.7 Å². The predicted octanol–water partition coefficient (Wildman–Crippen LogP) is 5.22. The molecule has 1 amide bonds. The van der Waals surface area contributed by atoms with Crippen molar-refractivity contribution < 1.29 is 23.8 Å². The Kier molecular flexibility index (Phi) is 8.82. The van der Waals surface area contributed by atoms with Gasteiger partial charge in [-0.15, -0.1) is 0 Å². The number of anilines is 1. The zero-order valence-corrected chi connectivity index (χ0v) is 19.9. The van der Waals surface area contributed by atoms with E-state index in [9.17, 15) is 9.59 Å². The van der Waals surface area contributed by atoms with Gasteiger partial charge in [-0.2, -0.15) is 0 Å². The van der Waals surface area contributed by atoms with Crippen LogP contribution in [0.2, 0.25) is 0 Å². The molecule has 0 atom stereocenters. The van der Waals surface area contributed by atoms with Crippen molar-refractivity contribution in [3.8, 4) is 5.75 Å². The van der Waals surface area contributed by atoms with E-state index in [4.69, 9.17) is 14.2 Å². The highest BCUT2D eigenvalue weighted by Crippen LogP contribution is 2.32. The van der Waals surface area contributed by atoms with Crippen molar-refractivity contribution in [2.75, 3.05) is 31.7 Å². The molecule has 0 aromatic heterocycles. The first-order chi connectivity index (χ1) is 16.4. The van der Waals surface area contributed by atoms with E-state index in [1.165, 1.54) is 5.56 Å². The molecular weight excluding hydrogens is 430 g/mol. The molecule has 6 heteroatoms. The first-order valence-electron chi connectivity index (χ1n) is 11.3. The fourth-order valence-electron chi connectivity index (χ4n) is 3.48. The van der Waals surface area contributed by atoms with Gasteiger partial charge in [0.05, 0.1) is 12.2 Å². The van der Waals surface area contributed by atoms with Crippen LogP contribution in [0.15, 0.2) is 78.9 Å². The average molecular weight is 462 g/mol. The number of carbonyl (C=O) groups excluding carboxylic acids is 2. The smallest absolute Gasteiger partial charge is 0.338 e. The molecule has 3 aromatic carbocycles. The SMILES string of the molecule is CCOCCOC(=O)c1cccc(NC(=O)COc2ccc(C(C)(C)c3ccccc3)cc2)c1. The quantitative estimate of drug-likeness (QED) is 0.313. The number of carbonyl (C=O) groups is 2. The summed E-state index contributed by atoms with van der Waals surface area (Å²) in [6.45, 7) is 7.17. The van der Waals surface area contributed by atoms with Crippen molar-refractivity contribution in [2.45, 2.75) is 26.2 Å². The zero-order chi connectivity index (χ0) is 24.4. The molecule has 3 aromatic rings. The zero-order valence-electron chi connectivity index (χ0n) is 19.9. The van der Waals surface area contributed by atoms with E-state index in [-0.39, 0.29) is 24.5 Å². The third-order valence-electron chi connectivity index (χ3n) is 5.49. The molecule has 34 heavy (non-hydrogen) atoms. The van der Waals surface area contributed by atoms with Crippen LogP contribution in [0.4, 0.5) is 5.69 Å². The van der Waals surface area contributed by atoms with Gasteiger partial charge in [0.1, 0.15) is 12.4 Å². The molecule has 0 unspecified atom stereocenters. The number of hydrogen-bond donors (Lipinski definition) is 1. The highest BCUT2D eigenvalue weighted by Gasteiger charge is 2.22. The first-order valence-corrected chi connectivity index (χ1v) is 11.3. The summed E-state index contributed by atoms with van der Waals surface area (Å²) < 4.78 is 16.0. The maximum absolute atomic E-state index is 12.4. The second-order valence-corrected chi connectivity index (χ2v) is 8.27. The summed E-state index contributed by atoms with van der Waals surface area (Å²) in [6.07, 6.45) is 0. The molecule has 0 bridgehead atoms. The molecule has 178 valence electrons. The summed E-state index contributed by atoms with van der Waals surface area (Å²) in [5.74, 6) is -0.185. The van der Waals surface area contributed by atoms with Crippen LogP contribution in [-0.4, -0.2) is 38.3 Å². The van der Waals surface area contributed by atoms with Crippen molar-refractivity contribution in [3.63, 3.8) is 0 Å². The minimum atomic E-state index is -0.467. The normalized spacial score (nSPS) is 11.0. The van der Waals surface area contributed by atoms with E-state index in [0.717, 1.165) is 5.56 Å². The van der Waals surface area contributed by atoms with Crippen LogP contribution in [0.3, 0.4) is 0 Å². The highest BCUT2D eigenvalue weighted by molar-refractivity contribution is 5.95. The van der Waals surface area contributed by atoms with Crippen LogP contribution >= 0.6 is 0 Å². The van der Waals surface area contributed by atoms with Gasteiger partial charge in [0.25, 0.3) is 5.91 Å². The van der Waals surface area contributed by atoms with Gasteiger partial charge in [-0.3, -0.25) is 4.79 Å². The summed E-state index contributed by atoms with van der Waals surface area (Å²) in [6, 6.07) is 24.7. The Labute approximate surface area is 200 Å². The molecular formula is C28H31NO5. The summed E-state index contributed by atoms with van der Waals surface area (Å²) in [4.78, 5) is 24.5. The van der Waals surface area contributed by atoms with Crippen molar-refractivity contribution in [1.82, 2.24) is 0 Å². The van der Waals surface area contributed by atoms with Crippen molar-refractivity contribution in [2.24, 2.45) is 0 Å². The van der Waals surface area contributed by atoms with Crippen LogP contribution in [0.5, 0.6) is 5.75 Å². The molecule has 0 aliphatic heterocycles. The van der Waals surface area contributed by atoms with Gasteiger partial charge < -0.3 is 19.5 Å². The van der Waals surface area contributed by atoms with E-state index in [2.05, 4.69) is 31.3 Å². The second kappa shape index (κ2) is 12.0. The molecule has 6 nitrogen and oxygen atoms in total. The minimum absolute atomic E-state index is 0.146. The molecule has 0 saturated carbocycles. The largest absolute Gasteiger partial charge is 0.484 e. The first kappa shape index (κ1) is 25.0. The van der Waals surface area contributed by atoms with Crippen LogP contribution in [0.25, 0.3) is 0 Å². The number of amides is 1. The molecule has 0 aliphatic carbocycles. The summed E-state index contributed by atoms with van der Waals surface area (Å²) in [5, 5.41) is 2.74. The lowest BCUT2D eigenvalue weighted by Crippen LogP contribution is -2.21. The van der Waals surface area contributed by atoms with Gasteiger partial charge in [0.15, 0.2) is 6.61 Å². The maximum atomic E-state index is 12.4. The maximum Gasteiger partial charge on any atom is 0.338 e. The molecule has 0 spiro atoms. The predicted molar refractivity (Wildman–Crippen MR) is 132 cm³/mol. The van der Waals surface area contributed by atoms with E-state index in [1.807, 2.05) is 49.4 Å². The third kappa shape index (κ3) is 6.93. The highest BCUT2D eigenvalue weighted by atomic mass is 16.6. The number of benzene rings is 3. The third-order valence-corrected chi connectivity index (χ3v) is 5.49. The van der Waals surface area contributed by atoms with Crippen molar-refractivity contribution in [3.05, 3.63) is 95.6 Å². The van der Waals surface area contributed by atoms with Crippen molar-refractivity contribution in [1.29, 1.82) is 0 Å². The summed E-state index contributed by atoms with van der Waals surface area (Å²) >= 11 is 0. The van der Waals surface area contributed by atoms with Gasteiger partial charge in [0.2, 0.25) is 0 Å². The Balaban J connectivity index is 1.52. The fraction of sp³-hybridized carbons (Fsp3) is 0.286. The molecule has 0 fully saturated rings. The van der Waals surface area contributed by atoms with E-state index >= 15 is 0 Å². The Morgan fingerprint density at radius 3 is 2.26 bits per heavy atom. The van der Waals surface area contributed by atoms with Gasteiger partial charge >= 0.3 is 5.97 Å². The Morgan fingerprint density at radius 1 is 0.853 bits per heavy atom. The monoisotopic (exact) mass is 461 g/mol. The molecule has 0 saturated heterocycles. The summed E-state index contributed by atoms with van der Waals surface area (Å²) in [5.41, 5.74) is 3.08. The van der Waals surface area contributed by atoms with E-state index in [1.54, 1.807) is 24.3 Å². The number of nitrogens with one attached hydrogen (secondary N) is 1. The Bertz CT molecular complexity index is 1080. The van der Waals surface area contributed by atoms with E-state index in [0.29, 0.717) is 30.2 Å². The van der Waals surface area contributed by atoms with Gasteiger partial charge in [-0.1, -0.05) is 62.4 Å². The number of rotatable bonds is 11. The van der Waals surface area contributed by atoms with Crippen LogP contribution in [0.1, 0.15) is 42.3 Å². The van der Waals surface area contributed by atoms with Gasteiger partial charge in [0, 0.05) is 17.7 Å². The Morgan fingerprint density at radius 2 is 1.56 bits per heavy atom. The van der Waals surface area contributed by atoms with Crippen LogP contribution in [0, 0.1) is 0 Å². The molecule has 3 rings (SSSR count). The standard InChI is InChI=1S/C28H31NO5/c1-4-32-17-18-33-27(31)21-9-8-12-24(19-21)29-26(30)20-34-25-15-13-23(14-16-25)28(2,3)22-10-6-5-7-11-22/h5-16,19H,4,17-18,20H2,1-3H3,(H,29,30). The molecule has 0 aliphatic rings. The van der Waals surface area contributed by atoms with Crippen LogP contribution < -0.4 is 10.1 Å².